The minimum Gasteiger partial charge on any atom is -0.486 e. The number of ether oxygens (including phenoxy) is 2. The van der Waals surface area contributed by atoms with Crippen molar-refractivity contribution in [3.05, 3.63) is 59.2 Å². The van der Waals surface area contributed by atoms with Crippen LogP contribution in [0.2, 0.25) is 0 Å². The predicted molar refractivity (Wildman–Crippen MR) is 122 cm³/mol. The molecule has 0 spiro atoms. The van der Waals surface area contributed by atoms with Gasteiger partial charge in [-0.15, -0.1) is 0 Å². The van der Waals surface area contributed by atoms with Gasteiger partial charge in [0.15, 0.2) is 11.5 Å². The van der Waals surface area contributed by atoms with Gasteiger partial charge in [0.05, 0.1) is 11.8 Å². The van der Waals surface area contributed by atoms with Crippen LogP contribution >= 0.6 is 0 Å². The number of benzene rings is 2. The third-order valence-electron chi connectivity index (χ3n) is 6.11. The van der Waals surface area contributed by atoms with Gasteiger partial charge in [0.25, 0.3) is 0 Å². The van der Waals surface area contributed by atoms with Gasteiger partial charge in [0.1, 0.15) is 13.2 Å². The molecule has 0 bridgehead atoms. The number of hydrogen-bond donors (Lipinski definition) is 1. The lowest BCUT2D eigenvalue weighted by atomic mass is 9.96. The Morgan fingerprint density at radius 3 is 2.41 bits per heavy atom. The van der Waals surface area contributed by atoms with Gasteiger partial charge in [-0.05, 0) is 49.9 Å². The van der Waals surface area contributed by atoms with Crippen LogP contribution < -0.4 is 14.8 Å². The lowest BCUT2D eigenvalue weighted by Crippen LogP contribution is -2.43. The highest BCUT2D eigenvalue weighted by Crippen LogP contribution is 2.33. The average Bonchev–Trinajstić information content (AvgIpc) is 2.80. The number of nitrogens with zero attached hydrogens (tertiary/aromatic N) is 1. The van der Waals surface area contributed by atoms with Crippen LogP contribution in [0, 0.1) is 12.8 Å². The minimum atomic E-state index is -3.40. The summed E-state index contributed by atoms with van der Waals surface area (Å²) in [5.74, 6) is 1.17. The summed E-state index contributed by atoms with van der Waals surface area (Å²) in [7, 11) is -3.40. The number of fused-ring (bicyclic) bond motifs is 1. The van der Waals surface area contributed by atoms with Gasteiger partial charge in [-0.3, -0.25) is 4.79 Å². The van der Waals surface area contributed by atoms with Crippen molar-refractivity contribution < 1.29 is 22.7 Å². The fourth-order valence-corrected chi connectivity index (χ4v) is 5.69. The van der Waals surface area contributed by atoms with Crippen molar-refractivity contribution in [3.63, 3.8) is 0 Å². The highest BCUT2D eigenvalue weighted by atomic mass is 32.2. The normalized spacial score (nSPS) is 18.2. The standard InChI is InChI=1S/C24H30N2O5S/c1-17-3-5-19(6-4-17)16-32(28,29)26-11-9-20(10-12-26)24(27)25-18(2)21-7-8-22-23(15-21)31-14-13-30-22/h3-8,15,18,20H,9-14,16H2,1-2H3,(H,25,27)/t18-/m1/s1. The summed E-state index contributed by atoms with van der Waals surface area (Å²) < 4.78 is 38.3. The Hall–Kier alpha value is -2.58. The maximum absolute atomic E-state index is 12.8. The molecule has 0 radical (unpaired) electrons. The molecule has 172 valence electrons. The number of aryl methyl sites for hydroxylation is 1. The predicted octanol–water partition coefficient (Wildman–Crippen LogP) is 3.19. The highest BCUT2D eigenvalue weighted by Gasteiger charge is 2.31. The zero-order valence-electron chi connectivity index (χ0n) is 18.5. The molecule has 2 heterocycles. The molecular formula is C24H30N2O5S. The first-order valence-electron chi connectivity index (χ1n) is 11.0. The summed E-state index contributed by atoms with van der Waals surface area (Å²) in [6, 6.07) is 13.1. The van der Waals surface area contributed by atoms with E-state index in [1.807, 2.05) is 56.3 Å². The van der Waals surface area contributed by atoms with E-state index in [1.54, 1.807) is 0 Å². The molecule has 1 saturated heterocycles. The minimum absolute atomic E-state index is 0.00864. The summed E-state index contributed by atoms with van der Waals surface area (Å²) in [6.45, 7) is 5.70. The molecule has 0 saturated carbocycles. The third kappa shape index (κ3) is 5.24. The summed E-state index contributed by atoms with van der Waals surface area (Å²) in [5.41, 5.74) is 2.83. The Balaban J connectivity index is 1.30. The third-order valence-corrected chi connectivity index (χ3v) is 7.96. The Morgan fingerprint density at radius 2 is 1.72 bits per heavy atom. The number of carbonyl (C=O) groups is 1. The molecule has 1 amide bonds. The molecule has 0 aromatic heterocycles. The van der Waals surface area contributed by atoms with E-state index in [-0.39, 0.29) is 23.6 Å². The summed E-state index contributed by atoms with van der Waals surface area (Å²) in [5, 5.41) is 3.07. The maximum Gasteiger partial charge on any atom is 0.223 e. The van der Waals surface area contributed by atoms with Crippen molar-refractivity contribution in [2.24, 2.45) is 5.92 Å². The van der Waals surface area contributed by atoms with Gasteiger partial charge in [0.2, 0.25) is 15.9 Å². The molecule has 1 N–H and O–H groups in total. The van der Waals surface area contributed by atoms with Gasteiger partial charge >= 0.3 is 0 Å². The molecule has 2 aliphatic heterocycles. The first-order chi connectivity index (χ1) is 15.3. The van der Waals surface area contributed by atoms with Gasteiger partial charge in [-0.1, -0.05) is 35.9 Å². The van der Waals surface area contributed by atoms with Gasteiger partial charge in [-0.25, -0.2) is 12.7 Å². The number of amides is 1. The molecule has 2 aliphatic rings. The van der Waals surface area contributed by atoms with Crippen molar-refractivity contribution in [1.29, 1.82) is 0 Å². The molecule has 2 aromatic rings. The van der Waals surface area contributed by atoms with Crippen molar-refractivity contribution in [3.8, 4) is 11.5 Å². The van der Waals surface area contributed by atoms with E-state index in [0.717, 1.165) is 22.4 Å². The Kier molecular flexibility index (Phi) is 6.71. The molecule has 0 unspecified atom stereocenters. The number of sulfonamides is 1. The van der Waals surface area contributed by atoms with Gasteiger partial charge in [-0.2, -0.15) is 0 Å². The maximum atomic E-state index is 12.8. The Bertz CT molecular complexity index is 1060. The monoisotopic (exact) mass is 458 g/mol. The number of nitrogens with one attached hydrogen (secondary N) is 1. The Morgan fingerprint density at radius 1 is 1.06 bits per heavy atom. The second kappa shape index (κ2) is 9.50. The number of carbonyl (C=O) groups excluding carboxylic acids is 1. The van der Waals surface area contributed by atoms with Crippen LogP contribution in [0.1, 0.15) is 42.5 Å². The fraction of sp³-hybridized carbons (Fsp3) is 0.458. The zero-order valence-corrected chi connectivity index (χ0v) is 19.4. The average molecular weight is 459 g/mol. The smallest absolute Gasteiger partial charge is 0.223 e. The fourth-order valence-electron chi connectivity index (χ4n) is 4.13. The van der Waals surface area contributed by atoms with Crippen molar-refractivity contribution in [2.45, 2.75) is 38.5 Å². The molecule has 1 fully saturated rings. The van der Waals surface area contributed by atoms with E-state index < -0.39 is 10.0 Å². The quantitative estimate of drug-likeness (QED) is 0.719. The first-order valence-corrected chi connectivity index (χ1v) is 12.7. The van der Waals surface area contributed by atoms with E-state index in [2.05, 4.69) is 5.32 Å². The van der Waals surface area contributed by atoms with Crippen LogP contribution in [0.3, 0.4) is 0 Å². The van der Waals surface area contributed by atoms with E-state index in [0.29, 0.717) is 44.9 Å². The number of piperidine rings is 1. The largest absolute Gasteiger partial charge is 0.486 e. The van der Waals surface area contributed by atoms with E-state index >= 15 is 0 Å². The van der Waals surface area contributed by atoms with Crippen LogP contribution in [0.4, 0.5) is 0 Å². The zero-order chi connectivity index (χ0) is 22.7. The van der Waals surface area contributed by atoms with Crippen molar-refractivity contribution >= 4 is 15.9 Å². The second-order valence-corrected chi connectivity index (χ2v) is 10.5. The van der Waals surface area contributed by atoms with E-state index in [9.17, 15) is 13.2 Å². The van der Waals surface area contributed by atoms with Crippen LogP contribution in [-0.4, -0.2) is 44.9 Å². The molecule has 2 aromatic carbocycles. The molecule has 32 heavy (non-hydrogen) atoms. The van der Waals surface area contributed by atoms with E-state index in [1.165, 1.54) is 4.31 Å². The van der Waals surface area contributed by atoms with E-state index in [4.69, 9.17) is 9.47 Å². The molecule has 8 heteroatoms. The summed E-state index contributed by atoms with van der Waals surface area (Å²) in [4.78, 5) is 12.8. The summed E-state index contributed by atoms with van der Waals surface area (Å²) in [6.07, 6.45) is 1.04. The number of hydrogen-bond acceptors (Lipinski definition) is 5. The van der Waals surface area contributed by atoms with Crippen LogP contribution in [0.25, 0.3) is 0 Å². The molecule has 4 rings (SSSR count). The lowest BCUT2D eigenvalue weighted by Gasteiger charge is -2.31. The highest BCUT2D eigenvalue weighted by molar-refractivity contribution is 7.88. The van der Waals surface area contributed by atoms with Gasteiger partial charge < -0.3 is 14.8 Å². The Labute approximate surface area is 189 Å². The molecule has 0 aliphatic carbocycles. The van der Waals surface area contributed by atoms with Crippen molar-refractivity contribution in [2.75, 3.05) is 26.3 Å². The van der Waals surface area contributed by atoms with Crippen LogP contribution in [-0.2, 0) is 20.6 Å². The first kappa shape index (κ1) is 22.6. The topological polar surface area (TPSA) is 84.9 Å². The molecule has 7 nitrogen and oxygen atoms in total. The van der Waals surface area contributed by atoms with Crippen molar-refractivity contribution in [1.82, 2.24) is 9.62 Å². The number of rotatable bonds is 6. The van der Waals surface area contributed by atoms with Gasteiger partial charge in [0, 0.05) is 19.0 Å². The lowest BCUT2D eigenvalue weighted by molar-refractivity contribution is -0.126. The van der Waals surface area contributed by atoms with Crippen LogP contribution in [0.15, 0.2) is 42.5 Å². The second-order valence-electron chi connectivity index (χ2n) is 8.55. The SMILES string of the molecule is Cc1ccc(CS(=O)(=O)N2CCC(C(=O)N[C@H](C)c3ccc4c(c3)OCCO4)CC2)cc1. The molecule has 1 atom stereocenters. The summed E-state index contributed by atoms with van der Waals surface area (Å²) >= 11 is 0. The molecular weight excluding hydrogens is 428 g/mol. The van der Waals surface area contributed by atoms with Crippen LogP contribution in [0.5, 0.6) is 11.5 Å².